The Kier molecular flexibility index (Phi) is 4.41. The number of sulfonamides is 1. The Morgan fingerprint density at radius 1 is 1.00 bits per heavy atom. The van der Waals surface area contributed by atoms with Gasteiger partial charge in [0.2, 0.25) is 5.91 Å². The second-order valence-corrected chi connectivity index (χ2v) is 6.09. The molecule has 0 aliphatic rings. The highest BCUT2D eigenvalue weighted by Crippen LogP contribution is 2.21. The number of halogens is 2. The van der Waals surface area contributed by atoms with Crippen molar-refractivity contribution >= 4 is 27.3 Å². The van der Waals surface area contributed by atoms with Gasteiger partial charge in [0.05, 0.1) is 0 Å². The molecule has 22 heavy (non-hydrogen) atoms. The van der Waals surface area contributed by atoms with Gasteiger partial charge in [-0.3, -0.25) is 9.52 Å². The topological polar surface area (TPSA) is 75.3 Å². The van der Waals surface area contributed by atoms with Crippen molar-refractivity contribution in [2.75, 3.05) is 10.0 Å². The summed E-state index contributed by atoms with van der Waals surface area (Å²) in [6, 6.07) is 7.89. The van der Waals surface area contributed by atoms with Gasteiger partial charge in [-0.1, -0.05) is 0 Å². The van der Waals surface area contributed by atoms with E-state index in [0.717, 1.165) is 12.1 Å². The van der Waals surface area contributed by atoms with Crippen molar-refractivity contribution in [3.63, 3.8) is 0 Å². The summed E-state index contributed by atoms with van der Waals surface area (Å²) >= 11 is 0. The lowest BCUT2D eigenvalue weighted by Gasteiger charge is -2.10. The van der Waals surface area contributed by atoms with Crippen LogP contribution in [-0.4, -0.2) is 14.3 Å². The summed E-state index contributed by atoms with van der Waals surface area (Å²) < 4.78 is 52.9. The van der Waals surface area contributed by atoms with E-state index in [1.807, 2.05) is 0 Å². The van der Waals surface area contributed by atoms with Crippen molar-refractivity contribution in [3.8, 4) is 0 Å². The van der Waals surface area contributed by atoms with Crippen molar-refractivity contribution < 1.29 is 22.0 Å². The smallest absolute Gasteiger partial charge is 0.264 e. The molecule has 0 radical (unpaired) electrons. The predicted molar refractivity (Wildman–Crippen MR) is 77.9 cm³/mol. The lowest BCUT2D eigenvalue weighted by Crippen LogP contribution is -2.15. The summed E-state index contributed by atoms with van der Waals surface area (Å²) in [5.74, 6) is -2.18. The minimum absolute atomic E-state index is 0.151. The minimum atomic E-state index is -4.25. The summed E-state index contributed by atoms with van der Waals surface area (Å²) in [6.07, 6.45) is 0. The third-order valence-corrected chi connectivity index (χ3v) is 4.04. The van der Waals surface area contributed by atoms with E-state index in [4.69, 9.17) is 0 Å². The summed E-state index contributed by atoms with van der Waals surface area (Å²) in [5, 5.41) is 2.52. The second kappa shape index (κ2) is 6.10. The molecular weight excluding hydrogens is 314 g/mol. The fourth-order valence-electron chi connectivity index (χ4n) is 1.72. The summed E-state index contributed by atoms with van der Waals surface area (Å²) in [4.78, 5) is 10.1. The molecule has 8 heteroatoms. The van der Waals surface area contributed by atoms with Crippen molar-refractivity contribution in [2.24, 2.45) is 0 Å². The number of rotatable bonds is 4. The molecule has 5 nitrogen and oxygen atoms in total. The highest BCUT2D eigenvalue weighted by Gasteiger charge is 2.20. The van der Waals surface area contributed by atoms with E-state index >= 15 is 0 Å². The molecule has 0 saturated carbocycles. The SMILES string of the molecule is CC(=O)Nc1ccc(NS(=O)(=O)c2cc(F)ccc2F)cc1. The number of carbonyl (C=O) groups is 1. The van der Waals surface area contributed by atoms with Crippen LogP contribution in [0.1, 0.15) is 6.92 Å². The molecule has 0 spiro atoms. The lowest BCUT2D eigenvalue weighted by atomic mass is 10.3. The first-order chi connectivity index (χ1) is 10.3. The normalized spacial score (nSPS) is 11.0. The monoisotopic (exact) mass is 326 g/mol. The zero-order valence-corrected chi connectivity index (χ0v) is 12.2. The molecule has 2 N–H and O–H groups in total. The Morgan fingerprint density at radius 2 is 1.59 bits per heavy atom. The first kappa shape index (κ1) is 15.9. The molecule has 1 amide bonds. The van der Waals surface area contributed by atoms with Gasteiger partial charge >= 0.3 is 0 Å². The zero-order valence-electron chi connectivity index (χ0n) is 11.4. The summed E-state index contributed by atoms with van der Waals surface area (Å²) in [5.41, 5.74) is 0.630. The number of benzene rings is 2. The van der Waals surface area contributed by atoms with Gasteiger partial charge in [0.25, 0.3) is 10.0 Å². The maximum atomic E-state index is 13.5. The molecule has 2 rings (SSSR count). The van der Waals surface area contributed by atoms with Gasteiger partial charge < -0.3 is 5.32 Å². The Labute approximate surface area is 126 Å². The van der Waals surface area contributed by atoms with Crippen LogP contribution in [0.2, 0.25) is 0 Å². The molecule has 0 atom stereocenters. The van der Waals surface area contributed by atoms with E-state index < -0.39 is 26.6 Å². The van der Waals surface area contributed by atoms with Gasteiger partial charge in [0.15, 0.2) is 0 Å². The molecule has 0 fully saturated rings. The van der Waals surface area contributed by atoms with Gasteiger partial charge in [-0.2, -0.15) is 0 Å². The van der Waals surface area contributed by atoms with Crippen LogP contribution < -0.4 is 10.0 Å². The average Bonchev–Trinajstić information content (AvgIpc) is 2.43. The largest absolute Gasteiger partial charge is 0.326 e. The third-order valence-electron chi connectivity index (χ3n) is 2.64. The molecular formula is C14H12F2N2O3S. The highest BCUT2D eigenvalue weighted by molar-refractivity contribution is 7.92. The van der Waals surface area contributed by atoms with Crippen LogP contribution in [0, 0.1) is 11.6 Å². The Bertz CT molecular complexity index is 805. The van der Waals surface area contributed by atoms with Crippen LogP contribution in [0.25, 0.3) is 0 Å². The van der Waals surface area contributed by atoms with E-state index in [0.29, 0.717) is 11.8 Å². The molecule has 116 valence electrons. The Morgan fingerprint density at radius 3 is 2.18 bits per heavy atom. The fraction of sp³-hybridized carbons (Fsp3) is 0.0714. The Balaban J connectivity index is 2.25. The summed E-state index contributed by atoms with van der Waals surface area (Å²) in [7, 11) is -4.25. The first-order valence-corrected chi connectivity index (χ1v) is 7.62. The molecule has 0 heterocycles. The molecule has 0 bridgehead atoms. The van der Waals surface area contributed by atoms with Crippen molar-refractivity contribution in [1.29, 1.82) is 0 Å². The second-order valence-electron chi connectivity index (χ2n) is 4.44. The van der Waals surface area contributed by atoms with Gasteiger partial charge in [0.1, 0.15) is 16.5 Å². The van der Waals surface area contributed by atoms with Crippen molar-refractivity contribution in [2.45, 2.75) is 11.8 Å². The standard InChI is InChI=1S/C14H12F2N2O3S/c1-9(19)17-11-3-5-12(6-4-11)18-22(20,21)14-8-10(15)2-7-13(14)16/h2-8,18H,1H3,(H,17,19). The molecule has 2 aromatic rings. The van der Waals surface area contributed by atoms with E-state index in [-0.39, 0.29) is 11.6 Å². The zero-order chi connectivity index (χ0) is 16.3. The van der Waals surface area contributed by atoms with Gasteiger partial charge in [-0.15, -0.1) is 0 Å². The van der Waals surface area contributed by atoms with Gasteiger partial charge in [-0.05, 0) is 42.5 Å². The van der Waals surface area contributed by atoms with Crippen LogP contribution >= 0.6 is 0 Å². The van der Waals surface area contributed by atoms with Crippen LogP contribution in [0.3, 0.4) is 0 Å². The number of hydrogen-bond donors (Lipinski definition) is 2. The number of amides is 1. The minimum Gasteiger partial charge on any atom is -0.326 e. The molecule has 0 saturated heterocycles. The summed E-state index contributed by atoms with van der Waals surface area (Å²) in [6.45, 7) is 1.34. The maximum absolute atomic E-state index is 13.5. The molecule has 0 aliphatic heterocycles. The number of nitrogens with one attached hydrogen (secondary N) is 2. The van der Waals surface area contributed by atoms with Crippen LogP contribution in [0.5, 0.6) is 0 Å². The molecule has 0 unspecified atom stereocenters. The number of carbonyl (C=O) groups excluding carboxylic acids is 1. The van der Waals surface area contributed by atoms with E-state index in [1.54, 1.807) is 0 Å². The molecule has 2 aromatic carbocycles. The quantitative estimate of drug-likeness (QED) is 0.907. The predicted octanol–water partition coefficient (Wildman–Crippen LogP) is 2.72. The van der Waals surface area contributed by atoms with Gasteiger partial charge in [0, 0.05) is 18.3 Å². The first-order valence-electron chi connectivity index (χ1n) is 6.13. The molecule has 0 aliphatic carbocycles. The van der Waals surface area contributed by atoms with E-state index in [9.17, 15) is 22.0 Å². The van der Waals surface area contributed by atoms with Crippen molar-refractivity contribution in [1.82, 2.24) is 0 Å². The molecule has 0 aromatic heterocycles. The number of anilines is 2. The fourth-order valence-corrected chi connectivity index (χ4v) is 2.87. The maximum Gasteiger partial charge on any atom is 0.264 e. The van der Waals surface area contributed by atoms with Crippen molar-refractivity contribution in [3.05, 3.63) is 54.1 Å². The highest BCUT2D eigenvalue weighted by atomic mass is 32.2. The van der Waals surface area contributed by atoms with Crippen LogP contribution in [0.4, 0.5) is 20.2 Å². The lowest BCUT2D eigenvalue weighted by molar-refractivity contribution is -0.114. The van der Waals surface area contributed by atoms with E-state index in [1.165, 1.54) is 31.2 Å². The van der Waals surface area contributed by atoms with Gasteiger partial charge in [-0.25, -0.2) is 17.2 Å². The van der Waals surface area contributed by atoms with Crippen LogP contribution in [0.15, 0.2) is 47.4 Å². The number of hydrogen-bond acceptors (Lipinski definition) is 3. The van der Waals surface area contributed by atoms with Crippen LogP contribution in [-0.2, 0) is 14.8 Å². The third kappa shape index (κ3) is 3.79. The average molecular weight is 326 g/mol. The Hall–Kier alpha value is -2.48. The van der Waals surface area contributed by atoms with E-state index in [2.05, 4.69) is 10.0 Å².